The van der Waals surface area contributed by atoms with Gasteiger partial charge in [0.25, 0.3) is 0 Å². The van der Waals surface area contributed by atoms with Crippen LogP contribution in [0.25, 0.3) is 11.3 Å². The number of nitrogens with zero attached hydrogens (tertiary/aromatic N) is 2. The van der Waals surface area contributed by atoms with E-state index in [1.54, 1.807) is 6.92 Å². The van der Waals surface area contributed by atoms with Gasteiger partial charge < -0.3 is 5.32 Å². The van der Waals surface area contributed by atoms with Gasteiger partial charge in [0.2, 0.25) is 5.91 Å². The molecule has 150 valence electrons. The summed E-state index contributed by atoms with van der Waals surface area (Å²) < 4.78 is 0. The molecular formula is C25H29N3O. The van der Waals surface area contributed by atoms with Gasteiger partial charge in [0.15, 0.2) is 5.82 Å². The van der Waals surface area contributed by atoms with Crippen LogP contribution in [0, 0.1) is 23.2 Å². The first-order valence-corrected chi connectivity index (χ1v) is 11.3. The molecule has 7 rings (SSSR count). The van der Waals surface area contributed by atoms with Crippen LogP contribution in [-0.2, 0) is 24.1 Å². The molecule has 4 heteroatoms. The normalized spacial score (nSPS) is 31.3. The van der Waals surface area contributed by atoms with Crippen molar-refractivity contribution in [3.63, 3.8) is 0 Å². The number of rotatable bonds is 3. The molecule has 1 aromatic carbocycles. The SMILES string of the molecule is CC(=O)Nc1nc2c(nc1CC13CC4CC(CC(C4)C1)C3)-c1ccccc1CC2. The topological polar surface area (TPSA) is 54.9 Å². The lowest BCUT2D eigenvalue weighted by molar-refractivity contribution is -0.114. The Morgan fingerprint density at radius 1 is 1.03 bits per heavy atom. The van der Waals surface area contributed by atoms with Crippen LogP contribution in [0.2, 0.25) is 0 Å². The Bertz CT molecular complexity index is 960. The van der Waals surface area contributed by atoms with Crippen molar-refractivity contribution in [3.8, 4) is 11.3 Å². The van der Waals surface area contributed by atoms with E-state index in [1.807, 2.05) is 0 Å². The van der Waals surface area contributed by atoms with Crippen molar-refractivity contribution < 1.29 is 4.79 Å². The standard InChI is InChI=1S/C25H29N3O/c1-15(29)26-24-22(14-25-11-16-8-17(12-25)10-18(9-16)13-25)27-23-20-5-3-2-4-19(20)6-7-21(23)28-24/h2-5,16-18H,6-14H2,1H3,(H,26,28,29). The molecule has 2 aromatic rings. The summed E-state index contributed by atoms with van der Waals surface area (Å²) in [6.07, 6.45) is 11.2. The highest BCUT2D eigenvalue weighted by atomic mass is 16.1. The highest BCUT2D eigenvalue weighted by Crippen LogP contribution is 2.61. The van der Waals surface area contributed by atoms with Gasteiger partial charge in [-0.25, -0.2) is 9.97 Å². The Morgan fingerprint density at radius 2 is 1.72 bits per heavy atom. The summed E-state index contributed by atoms with van der Waals surface area (Å²) in [6.45, 7) is 1.57. The van der Waals surface area contributed by atoms with Gasteiger partial charge in [-0.2, -0.15) is 0 Å². The third kappa shape index (κ3) is 2.99. The number of hydrogen-bond acceptors (Lipinski definition) is 3. The first-order valence-electron chi connectivity index (χ1n) is 11.3. The molecule has 0 spiro atoms. The van der Waals surface area contributed by atoms with Gasteiger partial charge in [0, 0.05) is 12.5 Å². The molecule has 29 heavy (non-hydrogen) atoms. The average Bonchev–Trinajstić information content (AvgIpc) is 2.67. The van der Waals surface area contributed by atoms with Crippen LogP contribution < -0.4 is 5.32 Å². The number of benzene rings is 1. The van der Waals surface area contributed by atoms with E-state index < -0.39 is 0 Å². The molecule has 4 nitrogen and oxygen atoms in total. The summed E-state index contributed by atoms with van der Waals surface area (Å²) >= 11 is 0. The van der Waals surface area contributed by atoms with Crippen molar-refractivity contribution in [1.29, 1.82) is 0 Å². The van der Waals surface area contributed by atoms with Crippen LogP contribution in [0.3, 0.4) is 0 Å². The Labute approximate surface area is 172 Å². The predicted molar refractivity (Wildman–Crippen MR) is 113 cm³/mol. The zero-order valence-corrected chi connectivity index (χ0v) is 17.2. The lowest BCUT2D eigenvalue weighted by Gasteiger charge is -2.57. The molecule has 5 aliphatic carbocycles. The lowest BCUT2D eigenvalue weighted by atomic mass is 9.48. The lowest BCUT2D eigenvalue weighted by Crippen LogP contribution is -2.47. The molecule has 5 aliphatic rings. The van der Waals surface area contributed by atoms with E-state index in [2.05, 4.69) is 29.6 Å². The Morgan fingerprint density at radius 3 is 2.41 bits per heavy atom. The number of aromatic nitrogens is 2. The zero-order valence-electron chi connectivity index (χ0n) is 17.2. The molecule has 1 N–H and O–H groups in total. The van der Waals surface area contributed by atoms with E-state index >= 15 is 0 Å². The van der Waals surface area contributed by atoms with E-state index in [9.17, 15) is 4.79 Å². The minimum Gasteiger partial charge on any atom is -0.309 e. The number of carbonyl (C=O) groups is 1. The second-order valence-corrected chi connectivity index (χ2v) is 10.2. The number of aryl methyl sites for hydroxylation is 2. The molecule has 1 heterocycles. The fourth-order valence-electron chi connectivity index (χ4n) is 7.37. The molecule has 4 saturated carbocycles. The second-order valence-electron chi connectivity index (χ2n) is 10.2. The second kappa shape index (κ2) is 6.38. The molecule has 0 radical (unpaired) electrons. The maximum absolute atomic E-state index is 11.9. The Kier molecular flexibility index (Phi) is 3.88. The monoisotopic (exact) mass is 387 g/mol. The number of hydrogen-bond donors (Lipinski definition) is 1. The van der Waals surface area contributed by atoms with Gasteiger partial charge >= 0.3 is 0 Å². The maximum Gasteiger partial charge on any atom is 0.222 e. The first-order chi connectivity index (χ1) is 14.1. The van der Waals surface area contributed by atoms with Gasteiger partial charge in [-0.15, -0.1) is 0 Å². The molecule has 0 aliphatic heterocycles. The molecule has 4 fully saturated rings. The number of fused-ring (bicyclic) bond motifs is 3. The molecule has 4 bridgehead atoms. The molecule has 0 saturated heterocycles. The van der Waals surface area contributed by atoms with E-state index in [0.717, 1.165) is 54.1 Å². The van der Waals surface area contributed by atoms with Crippen molar-refractivity contribution in [1.82, 2.24) is 9.97 Å². The predicted octanol–water partition coefficient (Wildman–Crippen LogP) is 4.96. The molecule has 1 amide bonds. The highest BCUT2D eigenvalue weighted by Gasteiger charge is 2.51. The van der Waals surface area contributed by atoms with Crippen LogP contribution in [0.5, 0.6) is 0 Å². The minimum atomic E-state index is -0.0535. The maximum atomic E-state index is 11.9. The van der Waals surface area contributed by atoms with E-state index in [-0.39, 0.29) is 5.91 Å². The average molecular weight is 388 g/mol. The van der Waals surface area contributed by atoms with E-state index in [4.69, 9.17) is 9.97 Å². The largest absolute Gasteiger partial charge is 0.309 e. The summed E-state index contributed by atoms with van der Waals surface area (Å²) in [6, 6.07) is 8.59. The summed E-state index contributed by atoms with van der Waals surface area (Å²) in [5.41, 5.74) is 6.05. The van der Waals surface area contributed by atoms with E-state index in [0.29, 0.717) is 11.2 Å². The van der Waals surface area contributed by atoms with E-state index in [1.165, 1.54) is 49.7 Å². The highest BCUT2D eigenvalue weighted by molar-refractivity contribution is 5.88. The first kappa shape index (κ1) is 17.6. The van der Waals surface area contributed by atoms with Crippen LogP contribution in [0.1, 0.15) is 62.4 Å². The Balaban J connectivity index is 1.42. The smallest absolute Gasteiger partial charge is 0.222 e. The zero-order chi connectivity index (χ0) is 19.6. The number of amides is 1. The quantitative estimate of drug-likeness (QED) is 0.810. The third-order valence-corrected chi connectivity index (χ3v) is 7.95. The minimum absolute atomic E-state index is 0.0535. The summed E-state index contributed by atoms with van der Waals surface area (Å²) in [4.78, 5) is 22.1. The van der Waals surface area contributed by atoms with Crippen LogP contribution in [-0.4, -0.2) is 15.9 Å². The van der Waals surface area contributed by atoms with Gasteiger partial charge in [-0.3, -0.25) is 4.79 Å². The summed E-state index contributed by atoms with van der Waals surface area (Å²) in [7, 11) is 0. The van der Waals surface area contributed by atoms with Gasteiger partial charge in [0.1, 0.15) is 0 Å². The van der Waals surface area contributed by atoms with Crippen LogP contribution in [0.4, 0.5) is 5.82 Å². The van der Waals surface area contributed by atoms with Crippen molar-refractivity contribution in [2.24, 2.45) is 23.2 Å². The molecule has 0 unspecified atom stereocenters. The van der Waals surface area contributed by atoms with Gasteiger partial charge in [-0.1, -0.05) is 24.3 Å². The summed E-state index contributed by atoms with van der Waals surface area (Å²) in [5.74, 6) is 3.40. The fraction of sp³-hybridized carbons (Fsp3) is 0.560. The fourth-order valence-corrected chi connectivity index (χ4v) is 7.37. The molecular weight excluding hydrogens is 358 g/mol. The van der Waals surface area contributed by atoms with Crippen molar-refractivity contribution in [2.75, 3.05) is 5.32 Å². The third-order valence-electron chi connectivity index (χ3n) is 7.95. The number of anilines is 1. The number of carbonyl (C=O) groups excluding carboxylic acids is 1. The van der Waals surface area contributed by atoms with Crippen molar-refractivity contribution in [3.05, 3.63) is 41.2 Å². The molecule has 0 atom stereocenters. The van der Waals surface area contributed by atoms with Crippen molar-refractivity contribution >= 4 is 11.7 Å². The van der Waals surface area contributed by atoms with Gasteiger partial charge in [0.05, 0.1) is 17.1 Å². The van der Waals surface area contributed by atoms with Crippen molar-refractivity contribution in [2.45, 2.75) is 64.7 Å². The van der Waals surface area contributed by atoms with Gasteiger partial charge in [-0.05, 0) is 86.5 Å². The number of nitrogens with one attached hydrogen (secondary N) is 1. The Hall–Kier alpha value is -2.23. The van der Waals surface area contributed by atoms with Crippen LogP contribution in [0.15, 0.2) is 24.3 Å². The summed E-state index contributed by atoms with van der Waals surface area (Å²) in [5, 5.41) is 3.02. The van der Waals surface area contributed by atoms with Crippen LogP contribution >= 0.6 is 0 Å². The molecule has 1 aromatic heterocycles.